The number of rotatable bonds is 7. The number of benzene rings is 3. The van der Waals surface area contributed by atoms with E-state index in [2.05, 4.69) is 0 Å². The monoisotopic (exact) mass is 429 g/mol. The van der Waals surface area contributed by atoms with Gasteiger partial charge in [0.15, 0.2) is 0 Å². The summed E-state index contributed by atoms with van der Waals surface area (Å²) in [4.78, 5) is 40.0. The molecule has 1 aliphatic rings. The Morgan fingerprint density at radius 1 is 0.844 bits per heavy atom. The number of hydrogen-bond donors (Lipinski definition) is 0. The number of hydrogen-bond acceptors (Lipinski definition) is 5. The normalized spacial score (nSPS) is 14.6. The molecule has 0 aromatic heterocycles. The molecule has 0 unspecified atom stereocenters. The maximum Gasteiger partial charge on any atom is 0.332 e. The van der Waals surface area contributed by atoms with Crippen molar-refractivity contribution in [1.29, 1.82) is 0 Å². The van der Waals surface area contributed by atoms with Crippen molar-refractivity contribution < 1.29 is 23.9 Å². The van der Waals surface area contributed by atoms with Crippen LogP contribution in [-0.2, 0) is 22.6 Å². The van der Waals surface area contributed by atoms with E-state index in [0.29, 0.717) is 12.4 Å². The summed E-state index contributed by atoms with van der Waals surface area (Å²) in [6.45, 7) is 1.95. The molecule has 6 nitrogen and oxygen atoms in total. The van der Waals surface area contributed by atoms with Crippen molar-refractivity contribution in [3.8, 4) is 5.75 Å². The van der Waals surface area contributed by atoms with Gasteiger partial charge in [-0.25, -0.2) is 4.79 Å². The zero-order valence-electron chi connectivity index (χ0n) is 17.9. The van der Waals surface area contributed by atoms with E-state index in [1.165, 1.54) is 7.11 Å². The lowest BCUT2D eigenvalue weighted by Crippen LogP contribution is -2.57. The van der Waals surface area contributed by atoms with Crippen molar-refractivity contribution in [3.05, 3.63) is 101 Å². The predicted molar refractivity (Wildman–Crippen MR) is 118 cm³/mol. The number of amides is 2. The van der Waals surface area contributed by atoms with Gasteiger partial charge >= 0.3 is 5.97 Å². The maximum atomic E-state index is 13.1. The predicted octanol–water partition coefficient (Wildman–Crippen LogP) is 4.04. The summed E-state index contributed by atoms with van der Waals surface area (Å²) in [6.07, 6.45) is 0.0910. The van der Waals surface area contributed by atoms with E-state index in [1.807, 2.05) is 54.6 Å². The number of ether oxygens (including phenoxy) is 2. The van der Waals surface area contributed by atoms with Crippen LogP contribution in [0.15, 0.2) is 78.9 Å². The summed E-state index contributed by atoms with van der Waals surface area (Å²) in [5, 5.41) is 0. The molecule has 1 atom stereocenters. The van der Waals surface area contributed by atoms with Crippen LogP contribution in [0.5, 0.6) is 5.75 Å². The SMILES string of the molecule is COC(=O)[C@](C)(Cc1cccc(OCc2ccccc2)c1)N1C(=O)c2ccccc2C1=O. The lowest BCUT2D eigenvalue weighted by molar-refractivity contribution is -0.151. The van der Waals surface area contributed by atoms with Crippen molar-refractivity contribution >= 4 is 17.8 Å². The molecule has 3 aromatic rings. The highest BCUT2D eigenvalue weighted by molar-refractivity contribution is 6.23. The molecule has 0 fully saturated rings. The molecule has 0 radical (unpaired) electrons. The molecule has 0 aliphatic carbocycles. The summed E-state index contributed by atoms with van der Waals surface area (Å²) in [5.74, 6) is -1.05. The summed E-state index contributed by atoms with van der Waals surface area (Å²) in [6, 6.07) is 23.6. The Hall–Kier alpha value is -3.93. The van der Waals surface area contributed by atoms with Crippen molar-refractivity contribution in [3.63, 3.8) is 0 Å². The van der Waals surface area contributed by atoms with Crippen LogP contribution >= 0.6 is 0 Å². The van der Waals surface area contributed by atoms with E-state index in [4.69, 9.17) is 9.47 Å². The standard InChI is InChI=1S/C26H23NO5/c1-26(25(30)31-2,27-23(28)21-13-6-7-14-22(21)24(27)29)16-19-11-8-12-20(15-19)32-17-18-9-4-3-5-10-18/h3-15H,16-17H2,1-2H3/t26-/m0/s1. The summed E-state index contributed by atoms with van der Waals surface area (Å²) in [7, 11) is 1.25. The molecule has 0 bridgehead atoms. The van der Waals surface area contributed by atoms with Crippen LogP contribution in [0.2, 0.25) is 0 Å². The number of imide groups is 1. The molecule has 162 valence electrons. The number of nitrogens with zero attached hydrogens (tertiary/aromatic N) is 1. The van der Waals surface area contributed by atoms with Crippen molar-refractivity contribution in [2.75, 3.05) is 7.11 Å². The molecule has 0 spiro atoms. The zero-order valence-corrected chi connectivity index (χ0v) is 17.9. The molecule has 1 heterocycles. The molecule has 1 aliphatic heterocycles. The number of esters is 1. The minimum absolute atomic E-state index is 0.0910. The quantitative estimate of drug-likeness (QED) is 0.419. The second kappa shape index (κ2) is 8.67. The molecular weight excluding hydrogens is 406 g/mol. The maximum absolute atomic E-state index is 13.1. The molecule has 0 saturated carbocycles. The lowest BCUT2D eigenvalue weighted by atomic mass is 9.90. The van der Waals surface area contributed by atoms with Gasteiger partial charge in [0.1, 0.15) is 17.9 Å². The first-order chi connectivity index (χ1) is 15.4. The smallest absolute Gasteiger partial charge is 0.332 e. The van der Waals surface area contributed by atoms with E-state index < -0.39 is 23.3 Å². The van der Waals surface area contributed by atoms with Crippen LogP contribution in [-0.4, -0.2) is 35.3 Å². The Bertz CT molecular complexity index is 1140. The molecule has 32 heavy (non-hydrogen) atoms. The third-order valence-corrected chi connectivity index (χ3v) is 5.61. The molecule has 0 N–H and O–H groups in total. The van der Waals surface area contributed by atoms with E-state index in [0.717, 1.165) is 16.0 Å². The average molecular weight is 429 g/mol. The van der Waals surface area contributed by atoms with Crippen LogP contribution in [0, 0.1) is 0 Å². The number of carbonyl (C=O) groups is 3. The highest BCUT2D eigenvalue weighted by Gasteiger charge is 2.51. The van der Waals surface area contributed by atoms with Gasteiger partial charge in [-0.3, -0.25) is 14.5 Å². The highest BCUT2D eigenvalue weighted by Crippen LogP contribution is 2.33. The summed E-state index contributed by atoms with van der Waals surface area (Å²) < 4.78 is 10.9. The van der Waals surface area contributed by atoms with Crippen LogP contribution in [0.1, 0.15) is 38.8 Å². The van der Waals surface area contributed by atoms with Crippen molar-refractivity contribution in [2.45, 2.75) is 25.5 Å². The molecule has 4 rings (SSSR count). The Balaban J connectivity index is 1.61. The molecule has 3 aromatic carbocycles. The molecule has 6 heteroatoms. The number of methoxy groups -OCH3 is 1. The summed E-state index contributed by atoms with van der Waals surface area (Å²) >= 11 is 0. The number of carbonyl (C=O) groups excluding carboxylic acids is 3. The van der Waals surface area contributed by atoms with Gasteiger partial charge in [-0.1, -0.05) is 54.6 Å². The van der Waals surface area contributed by atoms with Gasteiger partial charge < -0.3 is 9.47 Å². The molecule has 2 amide bonds. The first-order valence-electron chi connectivity index (χ1n) is 10.3. The fourth-order valence-corrected chi connectivity index (χ4v) is 3.98. The molecule has 0 saturated heterocycles. The van der Waals surface area contributed by atoms with Gasteiger partial charge in [-0.2, -0.15) is 0 Å². The highest BCUT2D eigenvalue weighted by atomic mass is 16.5. The van der Waals surface area contributed by atoms with Crippen LogP contribution in [0.3, 0.4) is 0 Å². The fraction of sp³-hybridized carbons (Fsp3) is 0.192. The zero-order chi connectivity index (χ0) is 22.7. The van der Waals surface area contributed by atoms with Crippen molar-refractivity contribution in [2.24, 2.45) is 0 Å². The molecular formula is C26H23NO5. The van der Waals surface area contributed by atoms with Crippen LogP contribution in [0.25, 0.3) is 0 Å². The first-order valence-corrected chi connectivity index (χ1v) is 10.3. The van der Waals surface area contributed by atoms with E-state index in [-0.39, 0.29) is 17.5 Å². The van der Waals surface area contributed by atoms with E-state index in [9.17, 15) is 14.4 Å². The average Bonchev–Trinajstić information content (AvgIpc) is 3.08. The number of fused-ring (bicyclic) bond motifs is 1. The van der Waals surface area contributed by atoms with Gasteiger partial charge in [-0.05, 0) is 42.3 Å². The van der Waals surface area contributed by atoms with Gasteiger partial charge in [0.25, 0.3) is 11.8 Å². The lowest BCUT2D eigenvalue weighted by Gasteiger charge is -2.34. The minimum Gasteiger partial charge on any atom is -0.489 e. The minimum atomic E-state index is -1.51. The van der Waals surface area contributed by atoms with Gasteiger partial charge in [0, 0.05) is 6.42 Å². The second-order valence-corrected chi connectivity index (χ2v) is 7.86. The van der Waals surface area contributed by atoms with Gasteiger partial charge in [-0.15, -0.1) is 0 Å². The third kappa shape index (κ3) is 3.87. The van der Waals surface area contributed by atoms with Crippen LogP contribution < -0.4 is 4.74 Å². The largest absolute Gasteiger partial charge is 0.489 e. The Kier molecular flexibility index (Phi) is 5.77. The van der Waals surface area contributed by atoms with Gasteiger partial charge in [0.2, 0.25) is 0 Å². The Labute approximate surface area is 186 Å². The Morgan fingerprint density at radius 3 is 2.06 bits per heavy atom. The fourth-order valence-electron chi connectivity index (χ4n) is 3.98. The topological polar surface area (TPSA) is 72.9 Å². The van der Waals surface area contributed by atoms with Crippen molar-refractivity contribution in [1.82, 2.24) is 4.90 Å². The van der Waals surface area contributed by atoms with Gasteiger partial charge in [0.05, 0.1) is 18.2 Å². The first kappa shape index (κ1) is 21.3. The second-order valence-electron chi connectivity index (χ2n) is 7.86. The van der Waals surface area contributed by atoms with Crippen LogP contribution in [0.4, 0.5) is 0 Å². The summed E-state index contributed by atoms with van der Waals surface area (Å²) in [5.41, 5.74) is 0.823. The Morgan fingerprint density at radius 2 is 1.44 bits per heavy atom. The van der Waals surface area contributed by atoms with E-state index >= 15 is 0 Å². The van der Waals surface area contributed by atoms with E-state index in [1.54, 1.807) is 31.2 Å². The third-order valence-electron chi connectivity index (χ3n) is 5.61.